The number of hydrogen-bond donors (Lipinski definition) is 3. The maximum Gasteiger partial charge on any atom is 0.573 e. The number of halogens is 3. The average Bonchev–Trinajstić information content (AvgIpc) is 3.19. The lowest BCUT2D eigenvalue weighted by Gasteiger charge is -2.29. The minimum absolute atomic E-state index is 0.00321. The van der Waals surface area contributed by atoms with Gasteiger partial charge in [-0.05, 0) is 24.1 Å². The highest BCUT2D eigenvalue weighted by molar-refractivity contribution is 6.10. The molecule has 2 amide bonds. The van der Waals surface area contributed by atoms with E-state index in [4.69, 9.17) is 4.74 Å². The van der Waals surface area contributed by atoms with E-state index in [1.54, 1.807) is 0 Å². The lowest BCUT2D eigenvalue weighted by atomic mass is 9.77. The van der Waals surface area contributed by atoms with Crippen LogP contribution in [0, 0.1) is 11.8 Å². The number of likely N-dealkylation sites (tertiary alicyclic amines) is 1. The van der Waals surface area contributed by atoms with E-state index in [2.05, 4.69) is 10.1 Å². The molecule has 2 saturated heterocycles. The quantitative estimate of drug-likeness (QED) is 0.330. The van der Waals surface area contributed by atoms with Gasteiger partial charge in [0.05, 0.1) is 31.4 Å². The third-order valence-corrected chi connectivity index (χ3v) is 5.82. The van der Waals surface area contributed by atoms with Gasteiger partial charge in [0.2, 0.25) is 11.8 Å². The summed E-state index contributed by atoms with van der Waals surface area (Å²) in [6.45, 7) is 2.06. The maximum absolute atomic E-state index is 13.2. The van der Waals surface area contributed by atoms with E-state index in [0.29, 0.717) is 13.0 Å². The number of rotatable bonds is 10. The van der Waals surface area contributed by atoms with E-state index in [-0.39, 0.29) is 18.7 Å². The van der Waals surface area contributed by atoms with Crippen molar-refractivity contribution in [3.8, 4) is 5.75 Å². The van der Waals surface area contributed by atoms with E-state index in [0.717, 1.165) is 17.0 Å². The zero-order valence-corrected chi connectivity index (χ0v) is 18.0. The largest absolute Gasteiger partial charge is 0.573 e. The number of ether oxygens (including phenoxy) is 2. The first-order valence-electron chi connectivity index (χ1n) is 10.4. The highest BCUT2D eigenvalue weighted by atomic mass is 19.4. The number of carboxylic acid groups (broad SMARTS) is 2. The van der Waals surface area contributed by atoms with Crippen molar-refractivity contribution in [1.29, 1.82) is 0 Å². The van der Waals surface area contributed by atoms with Gasteiger partial charge >= 0.3 is 18.3 Å². The van der Waals surface area contributed by atoms with Crippen LogP contribution in [0.5, 0.6) is 5.75 Å². The molecule has 34 heavy (non-hydrogen) atoms. The molecule has 2 aliphatic heterocycles. The van der Waals surface area contributed by atoms with E-state index < -0.39 is 65.7 Å². The molecule has 2 fully saturated rings. The van der Waals surface area contributed by atoms with E-state index in [9.17, 15) is 42.6 Å². The molecule has 1 aromatic carbocycles. The van der Waals surface area contributed by atoms with Crippen LogP contribution in [0.2, 0.25) is 0 Å². The minimum Gasteiger partial charge on any atom is -0.481 e. The molecule has 2 heterocycles. The third kappa shape index (κ3) is 4.85. The van der Waals surface area contributed by atoms with Crippen molar-refractivity contribution in [2.45, 2.75) is 37.7 Å². The molecule has 3 N–H and O–H groups in total. The van der Waals surface area contributed by atoms with Gasteiger partial charge in [0.15, 0.2) is 0 Å². The summed E-state index contributed by atoms with van der Waals surface area (Å²) in [4.78, 5) is 51.0. The van der Waals surface area contributed by atoms with Crippen molar-refractivity contribution in [1.82, 2.24) is 10.2 Å². The van der Waals surface area contributed by atoms with Crippen molar-refractivity contribution < 1.29 is 52.0 Å². The zero-order chi connectivity index (χ0) is 25.3. The van der Waals surface area contributed by atoms with Gasteiger partial charge in [0, 0.05) is 12.6 Å². The van der Waals surface area contributed by atoms with Crippen molar-refractivity contribution in [2.24, 2.45) is 11.8 Å². The maximum atomic E-state index is 13.2. The predicted molar refractivity (Wildman–Crippen MR) is 106 cm³/mol. The molecule has 4 unspecified atom stereocenters. The Balaban J connectivity index is 2.03. The van der Waals surface area contributed by atoms with Gasteiger partial charge in [0.25, 0.3) is 0 Å². The summed E-state index contributed by atoms with van der Waals surface area (Å²) < 4.78 is 47.2. The third-order valence-electron chi connectivity index (χ3n) is 5.82. The summed E-state index contributed by atoms with van der Waals surface area (Å²) in [5.74, 6) is -8.39. The van der Waals surface area contributed by atoms with Crippen LogP contribution in [0.3, 0.4) is 0 Å². The Kier molecular flexibility index (Phi) is 7.17. The van der Waals surface area contributed by atoms with Crippen LogP contribution in [0.15, 0.2) is 24.3 Å². The number of hydrogen-bond acceptors (Lipinski definition) is 7. The summed E-state index contributed by atoms with van der Waals surface area (Å²) in [6.07, 6.45) is -5.33. The molecule has 13 heteroatoms. The van der Waals surface area contributed by atoms with Gasteiger partial charge in [-0.2, -0.15) is 0 Å². The molecule has 0 aliphatic carbocycles. The van der Waals surface area contributed by atoms with Crippen molar-refractivity contribution in [2.75, 3.05) is 19.8 Å². The number of carboxylic acids is 2. The fraction of sp³-hybridized carbons (Fsp3) is 0.524. The van der Waals surface area contributed by atoms with Crippen LogP contribution in [-0.2, 0) is 23.9 Å². The average molecular weight is 488 g/mol. The topological polar surface area (TPSA) is 142 Å². The first-order valence-corrected chi connectivity index (χ1v) is 10.4. The monoisotopic (exact) mass is 488 g/mol. The second kappa shape index (κ2) is 9.58. The molecule has 0 radical (unpaired) electrons. The molecule has 4 atom stereocenters. The van der Waals surface area contributed by atoms with Gasteiger partial charge in [-0.3, -0.25) is 29.4 Å². The van der Waals surface area contributed by atoms with E-state index in [1.165, 1.54) is 12.1 Å². The Morgan fingerprint density at radius 3 is 2.47 bits per heavy atom. The number of amides is 2. The highest BCUT2D eigenvalue weighted by Gasteiger charge is 2.69. The molecular formula is C21H23F3N2O8. The van der Waals surface area contributed by atoms with Crippen LogP contribution in [0.1, 0.15) is 31.4 Å². The Morgan fingerprint density at radius 1 is 1.18 bits per heavy atom. The standard InChI is InChI=1S/C21H23F3N2O8/c1-2-7-33-8-6-26-17(29)14-15(18(26)30)20(19(31)32,10-13(27)28)25-16(14)11-4-3-5-12(9-11)34-21(22,23)24/h3-5,9,14-16,25H,2,6-8,10H2,1H3,(H,27,28)(H,31,32). The number of carbonyl (C=O) groups is 4. The Hall–Kier alpha value is -3.19. The summed E-state index contributed by atoms with van der Waals surface area (Å²) in [6, 6.07) is 3.27. The zero-order valence-electron chi connectivity index (χ0n) is 18.0. The van der Waals surface area contributed by atoms with Crippen molar-refractivity contribution in [3.63, 3.8) is 0 Å². The lowest BCUT2D eigenvalue weighted by molar-refractivity contribution is -0.274. The first kappa shape index (κ1) is 25.4. The lowest BCUT2D eigenvalue weighted by Crippen LogP contribution is -2.57. The molecule has 3 rings (SSSR count). The molecule has 10 nitrogen and oxygen atoms in total. The van der Waals surface area contributed by atoms with Crippen LogP contribution in [0.25, 0.3) is 0 Å². The van der Waals surface area contributed by atoms with Gasteiger partial charge in [0.1, 0.15) is 11.3 Å². The van der Waals surface area contributed by atoms with Crippen LogP contribution in [-0.4, -0.2) is 70.5 Å². The molecule has 0 spiro atoms. The SMILES string of the molecule is CCCOCCN1C(=O)C2C(c3cccc(OC(F)(F)F)c3)NC(CC(=O)O)(C(=O)O)C2C1=O. The molecule has 0 saturated carbocycles. The molecule has 0 bridgehead atoms. The van der Waals surface area contributed by atoms with Gasteiger partial charge in [-0.15, -0.1) is 13.2 Å². The number of nitrogens with zero attached hydrogens (tertiary/aromatic N) is 1. The minimum atomic E-state index is -4.99. The van der Waals surface area contributed by atoms with Crippen LogP contribution in [0.4, 0.5) is 13.2 Å². The molecule has 186 valence electrons. The number of aliphatic carboxylic acids is 2. The highest BCUT2D eigenvalue weighted by Crippen LogP contribution is 2.50. The summed E-state index contributed by atoms with van der Waals surface area (Å²) in [7, 11) is 0. The number of nitrogens with one attached hydrogen (secondary N) is 1. The summed E-state index contributed by atoms with van der Waals surface area (Å²) in [5, 5.41) is 21.9. The van der Waals surface area contributed by atoms with Crippen LogP contribution >= 0.6 is 0 Å². The van der Waals surface area contributed by atoms with Crippen molar-refractivity contribution >= 4 is 23.8 Å². The second-order valence-electron chi connectivity index (χ2n) is 8.03. The molecule has 0 aromatic heterocycles. The number of carbonyl (C=O) groups excluding carboxylic acids is 2. The normalized spacial score (nSPS) is 26.6. The number of alkyl halides is 3. The molecule has 1 aromatic rings. The van der Waals surface area contributed by atoms with E-state index >= 15 is 0 Å². The number of benzene rings is 1. The van der Waals surface area contributed by atoms with Crippen molar-refractivity contribution in [3.05, 3.63) is 29.8 Å². The van der Waals surface area contributed by atoms with Gasteiger partial charge in [-0.1, -0.05) is 19.1 Å². The fourth-order valence-corrected chi connectivity index (χ4v) is 4.55. The smallest absolute Gasteiger partial charge is 0.481 e. The van der Waals surface area contributed by atoms with Gasteiger partial charge < -0.3 is 19.7 Å². The second-order valence-corrected chi connectivity index (χ2v) is 8.03. The molecular weight excluding hydrogens is 465 g/mol. The van der Waals surface area contributed by atoms with Gasteiger partial charge in [-0.25, -0.2) is 0 Å². The number of fused-ring (bicyclic) bond motifs is 1. The Labute approximate surface area is 191 Å². The Bertz CT molecular complexity index is 985. The number of imide groups is 1. The Morgan fingerprint density at radius 2 is 1.88 bits per heavy atom. The first-order chi connectivity index (χ1) is 15.9. The summed E-state index contributed by atoms with van der Waals surface area (Å²) in [5.41, 5.74) is -2.32. The summed E-state index contributed by atoms with van der Waals surface area (Å²) >= 11 is 0. The predicted octanol–water partition coefficient (Wildman–Crippen LogP) is 1.56. The fourth-order valence-electron chi connectivity index (χ4n) is 4.55. The molecule has 2 aliphatic rings. The van der Waals surface area contributed by atoms with E-state index in [1.807, 2.05) is 6.92 Å². The van der Waals surface area contributed by atoms with Crippen LogP contribution < -0.4 is 10.1 Å².